The molecule has 2 nitrogen and oxygen atoms in total. The zero-order chi connectivity index (χ0) is 11.1. The van der Waals surface area contributed by atoms with E-state index in [1.807, 2.05) is 26.8 Å². The largest absolute Gasteiger partial charge is 0.355 e. The molecular formula is C11H16ClNO. The Hall–Kier alpha value is -1.02. The third-order valence-electron chi connectivity index (χ3n) is 1.60. The summed E-state index contributed by atoms with van der Waals surface area (Å²) in [6, 6.07) is 5.35. The monoisotopic (exact) mass is 213 g/mol. The number of nitrogens with one attached hydrogen (secondary N) is 1. The molecule has 0 saturated heterocycles. The zero-order valence-corrected chi connectivity index (χ0v) is 9.77. The summed E-state index contributed by atoms with van der Waals surface area (Å²) >= 11 is 5.84. The van der Waals surface area contributed by atoms with Gasteiger partial charge in [0, 0.05) is 7.05 Å². The van der Waals surface area contributed by atoms with Gasteiger partial charge in [-0.2, -0.15) is 0 Å². The Morgan fingerprint density at radius 2 is 1.93 bits per heavy atom. The van der Waals surface area contributed by atoms with E-state index >= 15 is 0 Å². The lowest BCUT2D eigenvalue weighted by Gasteiger charge is -2.02. The minimum Gasteiger partial charge on any atom is -0.355 e. The number of benzene rings is 1. The molecule has 0 aliphatic rings. The number of aryl methyl sites for hydroxylation is 1. The van der Waals surface area contributed by atoms with Gasteiger partial charge in [-0.1, -0.05) is 31.5 Å². The van der Waals surface area contributed by atoms with Crippen molar-refractivity contribution in [2.24, 2.45) is 0 Å². The van der Waals surface area contributed by atoms with Crippen LogP contribution in [0.1, 0.15) is 29.8 Å². The molecule has 1 N–H and O–H groups in total. The lowest BCUT2D eigenvalue weighted by atomic mass is 10.1. The molecule has 78 valence electrons. The van der Waals surface area contributed by atoms with E-state index in [9.17, 15) is 4.79 Å². The van der Waals surface area contributed by atoms with E-state index in [1.54, 1.807) is 19.2 Å². The van der Waals surface area contributed by atoms with Gasteiger partial charge < -0.3 is 5.32 Å². The van der Waals surface area contributed by atoms with Crippen LogP contribution in [0.4, 0.5) is 0 Å². The van der Waals surface area contributed by atoms with E-state index in [0.29, 0.717) is 10.6 Å². The minimum absolute atomic E-state index is 0.153. The number of rotatable bonds is 1. The van der Waals surface area contributed by atoms with Crippen molar-refractivity contribution in [3.05, 3.63) is 34.3 Å². The second kappa shape index (κ2) is 6.44. The number of carbonyl (C=O) groups excluding carboxylic acids is 1. The van der Waals surface area contributed by atoms with E-state index < -0.39 is 0 Å². The van der Waals surface area contributed by atoms with Crippen LogP contribution in [0.2, 0.25) is 5.02 Å². The molecule has 0 heterocycles. The molecule has 14 heavy (non-hydrogen) atoms. The van der Waals surface area contributed by atoms with Crippen molar-refractivity contribution in [1.29, 1.82) is 0 Å². The number of amides is 1. The number of hydrogen-bond donors (Lipinski definition) is 1. The molecule has 0 atom stereocenters. The number of hydrogen-bond acceptors (Lipinski definition) is 1. The van der Waals surface area contributed by atoms with Crippen molar-refractivity contribution < 1.29 is 4.79 Å². The van der Waals surface area contributed by atoms with Crippen molar-refractivity contribution in [3.63, 3.8) is 0 Å². The van der Waals surface area contributed by atoms with E-state index in [-0.39, 0.29) is 5.91 Å². The normalized spacial score (nSPS) is 8.64. The van der Waals surface area contributed by atoms with Crippen molar-refractivity contribution in [2.45, 2.75) is 20.8 Å². The highest BCUT2D eigenvalue weighted by atomic mass is 35.5. The fraction of sp³-hybridized carbons (Fsp3) is 0.364. The molecule has 0 spiro atoms. The number of halogens is 1. The average molecular weight is 214 g/mol. The Kier molecular flexibility index (Phi) is 5.97. The molecule has 0 aliphatic carbocycles. The topological polar surface area (TPSA) is 29.1 Å². The quantitative estimate of drug-likeness (QED) is 0.764. The Labute approximate surface area is 90.3 Å². The molecule has 0 radical (unpaired) electrons. The summed E-state index contributed by atoms with van der Waals surface area (Å²) in [5.74, 6) is -0.153. The third-order valence-corrected chi connectivity index (χ3v) is 1.91. The molecule has 0 aliphatic heterocycles. The summed E-state index contributed by atoms with van der Waals surface area (Å²) in [5, 5.41) is 3.01. The molecule has 0 aromatic heterocycles. The summed E-state index contributed by atoms with van der Waals surface area (Å²) < 4.78 is 0. The summed E-state index contributed by atoms with van der Waals surface area (Å²) in [5.41, 5.74) is 1.57. The second-order valence-corrected chi connectivity index (χ2v) is 2.97. The van der Waals surface area contributed by atoms with Crippen LogP contribution in [0.15, 0.2) is 18.2 Å². The third kappa shape index (κ3) is 3.38. The lowest BCUT2D eigenvalue weighted by molar-refractivity contribution is 0.0963. The first-order valence-electron chi connectivity index (χ1n) is 4.63. The number of carbonyl (C=O) groups is 1. The molecule has 1 amide bonds. The van der Waals surface area contributed by atoms with E-state index in [0.717, 1.165) is 5.56 Å². The summed E-state index contributed by atoms with van der Waals surface area (Å²) in [6.45, 7) is 5.93. The van der Waals surface area contributed by atoms with Crippen LogP contribution in [-0.2, 0) is 0 Å². The van der Waals surface area contributed by atoms with Crippen LogP contribution in [0.25, 0.3) is 0 Å². The van der Waals surface area contributed by atoms with Crippen LogP contribution in [0, 0.1) is 6.92 Å². The van der Waals surface area contributed by atoms with Gasteiger partial charge in [-0.05, 0) is 24.6 Å². The first kappa shape index (κ1) is 13.0. The highest BCUT2D eigenvalue weighted by molar-refractivity contribution is 6.33. The van der Waals surface area contributed by atoms with Crippen molar-refractivity contribution >= 4 is 17.5 Å². The molecule has 1 rings (SSSR count). The minimum atomic E-state index is -0.153. The van der Waals surface area contributed by atoms with Gasteiger partial charge in [0.15, 0.2) is 0 Å². The molecule has 1 aromatic carbocycles. The highest BCUT2D eigenvalue weighted by Crippen LogP contribution is 2.16. The van der Waals surface area contributed by atoms with Gasteiger partial charge in [-0.25, -0.2) is 0 Å². The van der Waals surface area contributed by atoms with Crippen LogP contribution in [0.3, 0.4) is 0 Å². The van der Waals surface area contributed by atoms with E-state index in [4.69, 9.17) is 11.6 Å². The van der Waals surface area contributed by atoms with Crippen molar-refractivity contribution in [3.8, 4) is 0 Å². The highest BCUT2D eigenvalue weighted by Gasteiger charge is 2.06. The maximum atomic E-state index is 11.2. The second-order valence-electron chi connectivity index (χ2n) is 2.56. The van der Waals surface area contributed by atoms with Crippen molar-refractivity contribution in [2.75, 3.05) is 7.05 Å². The lowest BCUT2D eigenvalue weighted by Crippen LogP contribution is -2.18. The van der Waals surface area contributed by atoms with Crippen LogP contribution >= 0.6 is 11.6 Å². The fourth-order valence-electron chi connectivity index (χ4n) is 0.939. The first-order valence-corrected chi connectivity index (χ1v) is 5.01. The molecular weight excluding hydrogens is 198 g/mol. The van der Waals surface area contributed by atoms with Crippen LogP contribution in [0.5, 0.6) is 0 Å². The first-order chi connectivity index (χ1) is 6.65. The van der Waals surface area contributed by atoms with Gasteiger partial charge in [0.1, 0.15) is 0 Å². The van der Waals surface area contributed by atoms with Gasteiger partial charge in [0.25, 0.3) is 5.91 Å². The van der Waals surface area contributed by atoms with E-state index in [1.165, 1.54) is 0 Å². The van der Waals surface area contributed by atoms with Crippen LogP contribution in [-0.4, -0.2) is 13.0 Å². The SMILES string of the molecule is CC.CNC(=O)c1ccc(C)cc1Cl. The smallest absolute Gasteiger partial charge is 0.252 e. The maximum Gasteiger partial charge on any atom is 0.252 e. The Morgan fingerprint density at radius 3 is 2.36 bits per heavy atom. The van der Waals surface area contributed by atoms with Gasteiger partial charge in [-0.15, -0.1) is 0 Å². The summed E-state index contributed by atoms with van der Waals surface area (Å²) in [7, 11) is 1.58. The van der Waals surface area contributed by atoms with Gasteiger partial charge in [0.2, 0.25) is 0 Å². The fourth-order valence-corrected chi connectivity index (χ4v) is 1.26. The Morgan fingerprint density at radius 1 is 1.36 bits per heavy atom. The molecule has 0 bridgehead atoms. The maximum absolute atomic E-state index is 11.2. The summed E-state index contributed by atoms with van der Waals surface area (Å²) in [6.07, 6.45) is 0. The van der Waals surface area contributed by atoms with E-state index in [2.05, 4.69) is 5.32 Å². The Bertz CT molecular complexity index is 310. The predicted molar refractivity (Wildman–Crippen MR) is 60.9 cm³/mol. The molecule has 0 unspecified atom stereocenters. The predicted octanol–water partition coefficient (Wildman–Crippen LogP) is 3.03. The van der Waals surface area contributed by atoms with Gasteiger partial charge in [-0.3, -0.25) is 4.79 Å². The van der Waals surface area contributed by atoms with Crippen LogP contribution < -0.4 is 5.32 Å². The zero-order valence-electron chi connectivity index (χ0n) is 9.02. The molecule has 0 fully saturated rings. The van der Waals surface area contributed by atoms with Gasteiger partial charge in [0.05, 0.1) is 10.6 Å². The van der Waals surface area contributed by atoms with Gasteiger partial charge >= 0.3 is 0 Å². The molecule has 3 heteroatoms. The molecule has 1 aromatic rings. The van der Waals surface area contributed by atoms with Crippen molar-refractivity contribution in [1.82, 2.24) is 5.32 Å². The Balaban J connectivity index is 0.000000791. The molecule has 0 saturated carbocycles. The standard InChI is InChI=1S/C9H10ClNO.C2H6/c1-6-3-4-7(8(10)5-6)9(12)11-2;1-2/h3-5H,1-2H3,(H,11,12);1-2H3. The average Bonchev–Trinajstić information content (AvgIpc) is 2.20. The summed E-state index contributed by atoms with van der Waals surface area (Å²) in [4.78, 5) is 11.2.